The lowest BCUT2D eigenvalue weighted by Crippen LogP contribution is -2.32. The minimum Gasteiger partial charge on any atom is -0.444 e. The van der Waals surface area contributed by atoms with E-state index in [1.165, 1.54) is 0 Å². The molecule has 0 radical (unpaired) electrons. The third-order valence-electron chi connectivity index (χ3n) is 4.63. The van der Waals surface area contributed by atoms with Crippen LogP contribution in [0.5, 0.6) is 0 Å². The number of benzene rings is 2. The standard InChI is InChI=1S/C22H27BN2O5/c1-22(2,3)30-21(27)24-13-15-7-10-18(11-8-15)25-19(26)12-9-16-5-4-6-17-14-29-23(28)20(16)17/h4-8,10-11,28H,9,12-14H2,1-3H3,(H,24,27)(H,25,26). The van der Waals surface area contributed by atoms with Gasteiger partial charge in [-0.1, -0.05) is 30.3 Å². The van der Waals surface area contributed by atoms with Gasteiger partial charge in [0, 0.05) is 18.7 Å². The topological polar surface area (TPSA) is 96.9 Å². The average Bonchev–Trinajstić information content (AvgIpc) is 3.06. The van der Waals surface area contributed by atoms with Crippen LogP contribution >= 0.6 is 0 Å². The fourth-order valence-electron chi connectivity index (χ4n) is 3.25. The molecule has 0 aliphatic carbocycles. The first-order valence-corrected chi connectivity index (χ1v) is 9.97. The van der Waals surface area contributed by atoms with Gasteiger partial charge in [0.05, 0.1) is 6.61 Å². The Bertz CT molecular complexity index is 909. The van der Waals surface area contributed by atoms with E-state index in [1.54, 1.807) is 12.1 Å². The lowest BCUT2D eigenvalue weighted by atomic mass is 9.75. The minimum absolute atomic E-state index is 0.111. The molecule has 3 N–H and O–H groups in total. The summed E-state index contributed by atoms with van der Waals surface area (Å²) < 4.78 is 10.5. The highest BCUT2D eigenvalue weighted by Gasteiger charge is 2.29. The molecule has 7 nitrogen and oxygen atoms in total. The third kappa shape index (κ3) is 6.08. The number of hydrogen-bond donors (Lipinski definition) is 3. The lowest BCUT2D eigenvalue weighted by molar-refractivity contribution is -0.116. The van der Waals surface area contributed by atoms with Crippen LogP contribution in [0.25, 0.3) is 0 Å². The molecule has 2 amide bonds. The summed E-state index contributed by atoms with van der Waals surface area (Å²) >= 11 is 0. The Labute approximate surface area is 176 Å². The molecule has 0 spiro atoms. The van der Waals surface area contributed by atoms with Crippen LogP contribution in [0.2, 0.25) is 0 Å². The van der Waals surface area contributed by atoms with Gasteiger partial charge in [0.1, 0.15) is 5.60 Å². The molecule has 2 aromatic rings. The number of amides is 2. The SMILES string of the molecule is CC(C)(C)OC(=O)NCc1ccc(NC(=O)CCc2cccc3c2B(O)OC3)cc1. The third-order valence-corrected chi connectivity index (χ3v) is 4.63. The molecule has 3 rings (SSSR count). The van der Waals surface area contributed by atoms with E-state index < -0.39 is 18.8 Å². The van der Waals surface area contributed by atoms with Gasteiger partial charge in [-0.2, -0.15) is 0 Å². The number of ether oxygens (including phenoxy) is 1. The smallest absolute Gasteiger partial charge is 0.444 e. The number of carbonyl (C=O) groups is 2. The summed E-state index contributed by atoms with van der Waals surface area (Å²) in [7, 11) is -0.916. The molecule has 0 unspecified atom stereocenters. The van der Waals surface area contributed by atoms with E-state index in [4.69, 9.17) is 9.39 Å². The second-order valence-electron chi connectivity index (χ2n) is 8.25. The van der Waals surface area contributed by atoms with Crippen LogP contribution < -0.4 is 16.1 Å². The van der Waals surface area contributed by atoms with E-state index in [9.17, 15) is 14.6 Å². The van der Waals surface area contributed by atoms with Gasteiger partial charge in [-0.3, -0.25) is 4.79 Å². The van der Waals surface area contributed by atoms with Gasteiger partial charge in [0.25, 0.3) is 0 Å². The Hall–Kier alpha value is -2.84. The van der Waals surface area contributed by atoms with E-state index in [2.05, 4.69) is 10.6 Å². The van der Waals surface area contributed by atoms with Gasteiger partial charge in [0.2, 0.25) is 5.91 Å². The van der Waals surface area contributed by atoms with Crippen molar-refractivity contribution >= 4 is 30.3 Å². The Morgan fingerprint density at radius 2 is 1.90 bits per heavy atom. The van der Waals surface area contributed by atoms with Crippen LogP contribution in [-0.2, 0) is 33.8 Å². The molecule has 1 aliphatic heterocycles. The minimum atomic E-state index is -0.916. The zero-order valence-corrected chi connectivity index (χ0v) is 17.5. The molecule has 0 fully saturated rings. The van der Waals surface area contributed by atoms with Gasteiger partial charge in [0.15, 0.2) is 0 Å². The number of anilines is 1. The number of nitrogens with one attached hydrogen (secondary N) is 2. The van der Waals surface area contributed by atoms with Crippen molar-refractivity contribution in [1.82, 2.24) is 5.32 Å². The first-order valence-electron chi connectivity index (χ1n) is 9.97. The molecule has 1 aliphatic rings. The summed E-state index contributed by atoms with van der Waals surface area (Å²) in [6, 6.07) is 13.0. The van der Waals surface area contributed by atoms with Gasteiger partial charge >= 0.3 is 13.2 Å². The maximum atomic E-state index is 12.3. The van der Waals surface area contributed by atoms with Crippen LogP contribution in [0, 0.1) is 0 Å². The molecule has 8 heteroatoms. The van der Waals surface area contributed by atoms with Gasteiger partial charge in [-0.05, 0) is 61.5 Å². The highest BCUT2D eigenvalue weighted by molar-refractivity contribution is 6.62. The molecule has 0 bridgehead atoms. The number of rotatable bonds is 6. The van der Waals surface area contributed by atoms with Crippen LogP contribution in [-0.4, -0.2) is 29.7 Å². The summed E-state index contributed by atoms with van der Waals surface area (Å²) in [4.78, 5) is 24.0. The number of alkyl carbamates (subject to hydrolysis) is 1. The van der Waals surface area contributed by atoms with Crippen molar-refractivity contribution in [2.24, 2.45) is 0 Å². The van der Waals surface area contributed by atoms with Crippen LogP contribution in [0.3, 0.4) is 0 Å². The normalized spacial score (nSPS) is 13.0. The summed E-state index contributed by atoms with van der Waals surface area (Å²) in [5.41, 5.74) is 3.72. The second-order valence-corrected chi connectivity index (χ2v) is 8.25. The van der Waals surface area contributed by atoms with Crippen molar-refractivity contribution < 1.29 is 24.0 Å². The van der Waals surface area contributed by atoms with Crippen molar-refractivity contribution in [3.8, 4) is 0 Å². The molecule has 0 saturated heterocycles. The van der Waals surface area contributed by atoms with E-state index in [0.29, 0.717) is 31.7 Å². The molecule has 30 heavy (non-hydrogen) atoms. The predicted octanol–water partition coefficient (Wildman–Crippen LogP) is 2.50. The van der Waals surface area contributed by atoms with Crippen molar-refractivity contribution in [3.05, 3.63) is 59.2 Å². The van der Waals surface area contributed by atoms with Crippen molar-refractivity contribution in [1.29, 1.82) is 0 Å². The summed E-state index contributed by atoms with van der Waals surface area (Å²) in [5, 5.41) is 15.5. The van der Waals surface area contributed by atoms with E-state index in [1.807, 2.05) is 51.1 Å². The molecule has 1 heterocycles. The maximum Gasteiger partial charge on any atom is 0.492 e. The molecular weight excluding hydrogens is 383 g/mol. The summed E-state index contributed by atoms with van der Waals surface area (Å²) in [6.45, 7) is 6.17. The molecule has 0 atom stereocenters. The number of hydrogen-bond acceptors (Lipinski definition) is 5. The predicted molar refractivity (Wildman–Crippen MR) is 115 cm³/mol. The number of fused-ring (bicyclic) bond motifs is 1. The van der Waals surface area contributed by atoms with E-state index in [0.717, 1.165) is 22.2 Å². The largest absolute Gasteiger partial charge is 0.492 e. The summed E-state index contributed by atoms with van der Waals surface area (Å²) in [5.74, 6) is -0.111. The fraction of sp³-hybridized carbons (Fsp3) is 0.364. The Morgan fingerprint density at radius 1 is 1.17 bits per heavy atom. The van der Waals surface area contributed by atoms with Gasteiger partial charge in [-0.15, -0.1) is 0 Å². The second kappa shape index (κ2) is 9.32. The molecule has 2 aromatic carbocycles. The zero-order chi connectivity index (χ0) is 21.7. The Morgan fingerprint density at radius 3 is 2.60 bits per heavy atom. The van der Waals surface area contributed by atoms with Crippen LogP contribution in [0.4, 0.5) is 10.5 Å². The lowest BCUT2D eigenvalue weighted by Gasteiger charge is -2.19. The van der Waals surface area contributed by atoms with Crippen molar-refractivity contribution in [2.75, 3.05) is 5.32 Å². The Kier molecular flexibility index (Phi) is 6.79. The Balaban J connectivity index is 1.47. The zero-order valence-electron chi connectivity index (χ0n) is 17.5. The first kappa shape index (κ1) is 21.9. The van der Waals surface area contributed by atoms with Crippen LogP contribution in [0.1, 0.15) is 43.9 Å². The molecule has 0 saturated carbocycles. The van der Waals surface area contributed by atoms with Crippen molar-refractivity contribution in [2.45, 2.75) is 52.4 Å². The monoisotopic (exact) mass is 410 g/mol. The molecule has 158 valence electrons. The number of carbonyl (C=O) groups excluding carboxylic acids is 2. The maximum absolute atomic E-state index is 12.3. The summed E-state index contributed by atoms with van der Waals surface area (Å²) in [6.07, 6.45) is 0.348. The molecular formula is C22H27BN2O5. The van der Waals surface area contributed by atoms with Crippen molar-refractivity contribution in [3.63, 3.8) is 0 Å². The first-order chi connectivity index (χ1) is 14.2. The highest BCUT2D eigenvalue weighted by Crippen LogP contribution is 2.15. The highest BCUT2D eigenvalue weighted by atomic mass is 16.6. The number of aryl methyl sites for hydroxylation is 1. The van der Waals surface area contributed by atoms with Gasteiger partial charge < -0.3 is 25.0 Å². The quantitative estimate of drug-likeness (QED) is 0.636. The molecule has 0 aromatic heterocycles. The van der Waals surface area contributed by atoms with E-state index >= 15 is 0 Å². The van der Waals surface area contributed by atoms with Crippen LogP contribution in [0.15, 0.2) is 42.5 Å². The fourth-order valence-corrected chi connectivity index (χ4v) is 3.25. The van der Waals surface area contributed by atoms with E-state index in [-0.39, 0.29) is 5.91 Å². The van der Waals surface area contributed by atoms with Gasteiger partial charge in [-0.25, -0.2) is 4.79 Å². The average molecular weight is 410 g/mol.